The molecule has 1 aliphatic carbocycles. The monoisotopic (exact) mass is 445 g/mol. The summed E-state index contributed by atoms with van der Waals surface area (Å²) in [5, 5.41) is 6.88. The second-order valence-electron chi connectivity index (χ2n) is 9.82. The van der Waals surface area contributed by atoms with Crippen molar-refractivity contribution < 1.29 is 17.7 Å². The van der Waals surface area contributed by atoms with Gasteiger partial charge in [-0.25, -0.2) is 8.42 Å². The van der Waals surface area contributed by atoms with Gasteiger partial charge in [-0.15, -0.1) is 0 Å². The average molecular weight is 446 g/mol. The van der Waals surface area contributed by atoms with E-state index in [4.69, 9.17) is 4.52 Å². The minimum atomic E-state index is -3.58. The lowest BCUT2D eigenvalue weighted by molar-refractivity contribution is 0.0905. The molecular weight excluding hydrogens is 414 g/mol. The molecule has 1 saturated carbocycles. The highest BCUT2D eigenvalue weighted by Crippen LogP contribution is 2.40. The smallest absolute Gasteiger partial charge is 0.273 e. The van der Waals surface area contributed by atoms with Crippen LogP contribution in [0.2, 0.25) is 0 Å². The van der Waals surface area contributed by atoms with Gasteiger partial charge in [0.05, 0.1) is 4.90 Å². The second-order valence-corrected chi connectivity index (χ2v) is 11.7. The predicted octanol–water partition coefficient (Wildman–Crippen LogP) is 3.82. The molecule has 4 rings (SSSR count). The lowest BCUT2D eigenvalue weighted by Crippen LogP contribution is -2.50. The van der Waals surface area contributed by atoms with Crippen LogP contribution in [0, 0.1) is 0 Å². The summed E-state index contributed by atoms with van der Waals surface area (Å²) in [5.74, 6) is 0.916. The fraction of sp³-hybridized carbons (Fsp3) is 0.565. The van der Waals surface area contributed by atoms with E-state index in [-0.39, 0.29) is 23.4 Å². The van der Waals surface area contributed by atoms with Crippen LogP contribution < -0.4 is 5.32 Å². The molecule has 2 heterocycles. The van der Waals surface area contributed by atoms with Gasteiger partial charge in [0.25, 0.3) is 5.91 Å². The van der Waals surface area contributed by atoms with Gasteiger partial charge < -0.3 is 9.84 Å². The molecule has 31 heavy (non-hydrogen) atoms. The minimum absolute atomic E-state index is 0.0323. The van der Waals surface area contributed by atoms with Gasteiger partial charge in [0.2, 0.25) is 10.0 Å². The van der Waals surface area contributed by atoms with Crippen LogP contribution in [0.25, 0.3) is 0 Å². The zero-order chi connectivity index (χ0) is 22.4. The normalized spacial score (nSPS) is 23.0. The third-order valence-corrected chi connectivity index (χ3v) is 8.25. The van der Waals surface area contributed by atoms with E-state index < -0.39 is 10.0 Å². The molecule has 1 N–H and O–H groups in total. The third-order valence-electron chi connectivity index (χ3n) is 6.22. The Labute approximate surface area is 184 Å². The van der Waals surface area contributed by atoms with Crippen LogP contribution in [0.3, 0.4) is 0 Å². The zero-order valence-corrected chi connectivity index (χ0v) is 19.4. The van der Waals surface area contributed by atoms with E-state index in [0.29, 0.717) is 35.9 Å². The van der Waals surface area contributed by atoms with Gasteiger partial charge in [-0.05, 0) is 55.7 Å². The van der Waals surface area contributed by atoms with Crippen LogP contribution in [0.1, 0.15) is 81.1 Å². The number of nitrogens with one attached hydrogen (secondary N) is 1. The number of benzene rings is 1. The van der Waals surface area contributed by atoms with Crippen LogP contribution >= 0.6 is 0 Å². The molecule has 1 saturated heterocycles. The van der Waals surface area contributed by atoms with Crippen LogP contribution in [0.15, 0.2) is 39.8 Å². The van der Waals surface area contributed by atoms with Crippen molar-refractivity contribution in [2.75, 3.05) is 6.54 Å². The lowest BCUT2D eigenvalue weighted by Gasteiger charge is -2.37. The largest absolute Gasteiger partial charge is 0.360 e. The standard InChI is InChI=1S/C23H31N3O4S/c1-15-13-18(24-22(27)20-14-21(30-25-20)16-5-6-16)11-12-26(15)31(28,29)19-9-7-17(8-10-19)23(2,3)4/h7-10,14-16,18H,5-6,11-13H2,1-4H3,(H,24,27)/t15-,18-/m0/s1. The maximum atomic E-state index is 13.2. The number of carbonyl (C=O) groups is 1. The molecule has 0 spiro atoms. The molecule has 2 fully saturated rings. The highest BCUT2D eigenvalue weighted by molar-refractivity contribution is 7.89. The first-order valence-corrected chi connectivity index (χ1v) is 12.4. The van der Waals surface area contributed by atoms with Gasteiger partial charge in [0, 0.05) is 30.6 Å². The van der Waals surface area contributed by atoms with Gasteiger partial charge in [0.1, 0.15) is 5.76 Å². The molecule has 1 aromatic carbocycles. The molecule has 168 valence electrons. The number of amides is 1. The zero-order valence-electron chi connectivity index (χ0n) is 18.6. The summed E-state index contributed by atoms with van der Waals surface area (Å²) in [6, 6.07) is 8.56. The Morgan fingerprint density at radius 2 is 1.84 bits per heavy atom. The fourth-order valence-electron chi connectivity index (χ4n) is 4.12. The van der Waals surface area contributed by atoms with E-state index in [2.05, 4.69) is 31.2 Å². The van der Waals surface area contributed by atoms with Crippen LogP contribution in [-0.2, 0) is 15.4 Å². The van der Waals surface area contributed by atoms with Crippen LogP contribution in [0.4, 0.5) is 0 Å². The number of hydrogen-bond donors (Lipinski definition) is 1. The maximum Gasteiger partial charge on any atom is 0.273 e. The Morgan fingerprint density at radius 1 is 1.16 bits per heavy atom. The molecule has 8 heteroatoms. The van der Waals surface area contributed by atoms with Crippen LogP contribution in [-0.4, -0.2) is 42.4 Å². The van der Waals surface area contributed by atoms with Crippen molar-refractivity contribution in [1.82, 2.24) is 14.8 Å². The summed E-state index contributed by atoms with van der Waals surface area (Å²) in [6.45, 7) is 8.55. The van der Waals surface area contributed by atoms with Crippen molar-refractivity contribution in [3.05, 3.63) is 47.3 Å². The second kappa shape index (κ2) is 8.06. The summed E-state index contributed by atoms with van der Waals surface area (Å²) in [7, 11) is -3.58. The van der Waals surface area contributed by atoms with Gasteiger partial charge in [0.15, 0.2) is 5.69 Å². The van der Waals surface area contributed by atoms with Crippen molar-refractivity contribution in [1.29, 1.82) is 0 Å². The van der Waals surface area contributed by atoms with E-state index in [0.717, 1.165) is 24.2 Å². The van der Waals surface area contributed by atoms with Gasteiger partial charge >= 0.3 is 0 Å². The highest BCUT2D eigenvalue weighted by atomic mass is 32.2. The van der Waals surface area contributed by atoms with Crippen molar-refractivity contribution in [2.24, 2.45) is 0 Å². The quantitative estimate of drug-likeness (QED) is 0.755. The number of hydrogen-bond acceptors (Lipinski definition) is 5. The van der Waals surface area contributed by atoms with Gasteiger partial charge in [-0.3, -0.25) is 4.79 Å². The number of carbonyl (C=O) groups excluding carboxylic acids is 1. The van der Waals surface area contributed by atoms with E-state index in [1.165, 1.54) is 0 Å². The van der Waals surface area contributed by atoms with Gasteiger partial charge in [-0.2, -0.15) is 4.31 Å². The first kappa shape index (κ1) is 22.0. The molecule has 1 amide bonds. The number of sulfonamides is 1. The molecule has 7 nitrogen and oxygen atoms in total. The topological polar surface area (TPSA) is 92.5 Å². The lowest BCUT2D eigenvalue weighted by atomic mass is 9.87. The Morgan fingerprint density at radius 3 is 2.42 bits per heavy atom. The number of piperidine rings is 1. The van der Waals surface area contributed by atoms with E-state index in [1.807, 2.05) is 19.1 Å². The third kappa shape index (κ3) is 4.70. The van der Waals surface area contributed by atoms with Crippen LogP contribution in [0.5, 0.6) is 0 Å². The molecule has 0 unspecified atom stereocenters. The predicted molar refractivity (Wildman–Crippen MR) is 117 cm³/mol. The molecule has 2 atom stereocenters. The van der Waals surface area contributed by atoms with Crippen molar-refractivity contribution in [3.63, 3.8) is 0 Å². The Hall–Kier alpha value is -2.19. The Kier molecular flexibility index (Phi) is 5.72. The molecule has 0 radical (unpaired) electrons. The first-order valence-electron chi connectivity index (χ1n) is 11.0. The summed E-state index contributed by atoms with van der Waals surface area (Å²) in [6.07, 6.45) is 3.28. The molecule has 2 aliphatic rings. The summed E-state index contributed by atoms with van der Waals surface area (Å²) < 4.78 is 33.2. The maximum absolute atomic E-state index is 13.2. The number of aromatic nitrogens is 1. The number of rotatable bonds is 5. The van der Waals surface area contributed by atoms with E-state index >= 15 is 0 Å². The summed E-state index contributed by atoms with van der Waals surface area (Å²) in [5.41, 5.74) is 1.36. The number of nitrogens with zero attached hydrogens (tertiary/aromatic N) is 2. The van der Waals surface area contributed by atoms with E-state index in [1.54, 1.807) is 22.5 Å². The van der Waals surface area contributed by atoms with Crippen molar-refractivity contribution in [3.8, 4) is 0 Å². The molecule has 1 aromatic heterocycles. The minimum Gasteiger partial charge on any atom is -0.360 e. The Bertz CT molecular complexity index is 1050. The SMILES string of the molecule is C[C@H]1C[C@@H](NC(=O)c2cc(C3CC3)on2)CCN1S(=O)(=O)c1ccc(C(C)(C)C)cc1. The molecule has 0 bridgehead atoms. The van der Waals surface area contributed by atoms with Crippen molar-refractivity contribution in [2.45, 2.75) is 81.7 Å². The van der Waals surface area contributed by atoms with Crippen molar-refractivity contribution >= 4 is 15.9 Å². The average Bonchev–Trinajstić information content (AvgIpc) is 3.43. The molecule has 2 aromatic rings. The highest BCUT2D eigenvalue weighted by Gasteiger charge is 2.36. The fourth-order valence-corrected chi connectivity index (χ4v) is 5.77. The first-order chi connectivity index (χ1) is 14.6. The molecule has 1 aliphatic heterocycles. The van der Waals surface area contributed by atoms with E-state index in [9.17, 15) is 13.2 Å². The van der Waals surface area contributed by atoms with Gasteiger partial charge in [-0.1, -0.05) is 38.1 Å². The molecular formula is C23H31N3O4S. The summed E-state index contributed by atoms with van der Waals surface area (Å²) >= 11 is 0. The summed E-state index contributed by atoms with van der Waals surface area (Å²) in [4.78, 5) is 12.8. The Balaban J connectivity index is 1.39.